The van der Waals surface area contributed by atoms with Crippen molar-refractivity contribution in [1.82, 2.24) is 9.62 Å². The Kier molecular flexibility index (Phi) is 3.87. The molecule has 0 atom stereocenters. The van der Waals surface area contributed by atoms with E-state index < -0.39 is 0 Å². The van der Waals surface area contributed by atoms with Crippen LogP contribution in [0.5, 0.6) is 0 Å². The number of nitrogens with one attached hydrogen (secondary N) is 1. The molecule has 1 N–H and O–H groups in total. The van der Waals surface area contributed by atoms with Gasteiger partial charge >= 0.3 is 0 Å². The van der Waals surface area contributed by atoms with Crippen LogP contribution in [0.25, 0.3) is 0 Å². The van der Waals surface area contributed by atoms with Crippen molar-refractivity contribution in [2.24, 2.45) is 0 Å². The number of rotatable bonds is 6. The van der Waals surface area contributed by atoms with E-state index in [4.69, 9.17) is 0 Å². The molecular formula is C7H14N2S. The highest BCUT2D eigenvalue weighted by Gasteiger charge is 2.16. The molecule has 0 aromatic carbocycles. The van der Waals surface area contributed by atoms with Gasteiger partial charge < -0.3 is 5.32 Å². The van der Waals surface area contributed by atoms with Crippen LogP contribution in [-0.4, -0.2) is 36.2 Å². The molecule has 1 saturated heterocycles. The molecule has 1 rings (SSSR count). The van der Waals surface area contributed by atoms with Crippen LogP contribution in [0.1, 0.15) is 0 Å². The highest BCUT2D eigenvalue weighted by atomic mass is 32.2. The Morgan fingerprint density at radius 2 is 2.40 bits per heavy atom. The molecule has 0 unspecified atom stereocenters. The summed E-state index contributed by atoms with van der Waals surface area (Å²) < 4.78 is 2.36. The van der Waals surface area contributed by atoms with Crippen LogP contribution >= 0.6 is 11.9 Å². The van der Waals surface area contributed by atoms with Crippen molar-refractivity contribution in [2.75, 3.05) is 31.9 Å². The highest BCUT2D eigenvalue weighted by Crippen LogP contribution is 2.17. The second-order valence-electron chi connectivity index (χ2n) is 2.26. The molecule has 1 heterocycles. The maximum Gasteiger partial charge on any atom is 0.0227 e. The third kappa shape index (κ3) is 3.93. The molecule has 0 aromatic rings. The molecule has 1 fully saturated rings. The van der Waals surface area contributed by atoms with E-state index >= 15 is 0 Å². The van der Waals surface area contributed by atoms with Crippen molar-refractivity contribution in [1.29, 1.82) is 0 Å². The predicted octanol–water partition coefficient (Wildman–Crippen LogP) is 0.726. The minimum Gasteiger partial charge on any atom is -0.312 e. The summed E-state index contributed by atoms with van der Waals surface area (Å²) in [6.45, 7) is 8.22. The summed E-state index contributed by atoms with van der Waals surface area (Å²) in [5, 5.41) is 3.25. The van der Waals surface area contributed by atoms with E-state index in [1.165, 1.54) is 18.8 Å². The number of hydrogen-bond donors (Lipinski definition) is 1. The molecule has 58 valence electrons. The summed E-state index contributed by atoms with van der Waals surface area (Å²) in [5.74, 6) is 1.19. The summed E-state index contributed by atoms with van der Waals surface area (Å²) in [6.07, 6.45) is 1.89. The summed E-state index contributed by atoms with van der Waals surface area (Å²) in [5.41, 5.74) is 0. The predicted molar refractivity (Wildman–Crippen MR) is 47.1 cm³/mol. The van der Waals surface area contributed by atoms with Crippen molar-refractivity contribution < 1.29 is 0 Å². The largest absolute Gasteiger partial charge is 0.312 e. The van der Waals surface area contributed by atoms with Gasteiger partial charge in [-0.1, -0.05) is 18.0 Å². The fourth-order valence-electron chi connectivity index (χ4n) is 0.621. The summed E-state index contributed by atoms with van der Waals surface area (Å²) in [7, 11) is 0. The molecule has 0 aromatic heterocycles. The van der Waals surface area contributed by atoms with Crippen LogP contribution in [0.4, 0.5) is 0 Å². The second kappa shape index (κ2) is 4.77. The molecule has 0 radical (unpaired) electrons. The Hall–Kier alpha value is 0.01000. The Morgan fingerprint density at radius 1 is 1.60 bits per heavy atom. The molecular weight excluding hydrogens is 144 g/mol. The van der Waals surface area contributed by atoms with Crippen molar-refractivity contribution in [2.45, 2.75) is 0 Å². The van der Waals surface area contributed by atoms with Gasteiger partial charge in [-0.2, -0.15) is 0 Å². The number of nitrogens with zero attached hydrogens (tertiary/aromatic N) is 1. The zero-order valence-corrected chi connectivity index (χ0v) is 6.99. The highest BCUT2D eigenvalue weighted by molar-refractivity contribution is 7.97. The summed E-state index contributed by atoms with van der Waals surface area (Å²) in [6, 6.07) is 0. The Labute approximate surface area is 66.8 Å². The molecule has 1 aliphatic heterocycles. The molecule has 10 heavy (non-hydrogen) atoms. The smallest absolute Gasteiger partial charge is 0.0227 e. The van der Waals surface area contributed by atoms with E-state index in [-0.39, 0.29) is 0 Å². The minimum absolute atomic E-state index is 0.931. The standard InChI is InChI=1S/C7H14N2S/c1-2-3-8-4-7-10-9-5-6-9/h2,8H,1,3-7H2. The van der Waals surface area contributed by atoms with E-state index in [0.29, 0.717) is 0 Å². The summed E-state index contributed by atoms with van der Waals surface area (Å²) in [4.78, 5) is 0. The first-order valence-electron chi connectivity index (χ1n) is 3.63. The van der Waals surface area contributed by atoms with Gasteiger partial charge in [-0.15, -0.1) is 6.58 Å². The zero-order valence-electron chi connectivity index (χ0n) is 6.18. The zero-order chi connectivity index (χ0) is 7.23. The van der Waals surface area contributed by atoms with Gasteiger partial charge in [0.25, 0.3) is 0 Å². The minimum atomic E-state index is 0.931. The van der Waals surface area contributed by atoms with E-state index in [9.17, 15) is 0 Å². The van der Waals surface area contributed by atoms with Gasteiger partial charge in [0.15, 0.2) is 0 Å². The first-order valence-corrected chi connectivity index (χ1v) is 4.57. The molecule has 0 aliphatic carbocycles. The van der Waals surface area contributed by atoms with Gasteiger partial charge in [-0.05, 0) is 0 Å². The lowest BCUT2D eigenvalue weighted by Gasteiger charge is -2.00. The van der Waals surface area contributed by atoms with Crippen LogP contribution in [-0.2, 0) is 0 Å². The monoisotopic (exact) mass is 158 g/mol. The van der Waals surface area contributed by atoms with Gasteiger partial charge in [0.2, 0.25) is 0 Å². The SMILES string of the molecule is C=CCNCCSN1CC1. The maximum absolute atomic E-state index is 3.63. The van der Waals surface area contributed by atoms with Crippen LogP contribution in [0, 0.1) is 0 Å². The van der Waals surface area contributed by atoms with E-state index in [1.807, 2.05) is 18.0 Å². The fraction of sp³-hybridized carbons (Fsp3) is 0.714. The topological polar surface area (TPSA) is 15.0 Å². The van der Waals surface area contributed by atoms with E-state index in [1.54, 1.807) is 0 Å². The lowest BCUT2D eigenvalue weighted by molar-refractivity contribution is 0.800. The van der Waals surface area contributed by atoms with E-state index in [2.05, 4.69) is 16.2 Å². The van der Waals surface area contributed by atoms with Crippen LogP contribution < -0.4 is 5.32 Å². The van der Waals surface area contributed by atoms with Gasteiger partial charge in [0.05, 0.1) is 0 Å². The fourth-order valence-corrected chi connectivity index (χ4v) is 1.45. The molecule has 2 nitrogen and oxygen atoms in total. The first-order chi connectivity index (χ1) is 4.93. The molecule has 1 aliphatic rings. The van der Waals surface area contributed by atoms with Crippen LogP contribution in [0.2, 0.25) is 0 Å². The van der Waals surface area contributed by atoms with Crippen molar-refractivity contribution >= 4 is 11.9 Å². The molecule has 0 spiro atoms. The van der Waals surface area contributed by atoms with E-state index in [0.717, 1.165) is 13.1 Å². The van der Waals surface area contributed by atoms with Gasteiger partial charge in [-0.25, -0.2) is 4.31 Å². The quantitative estimate of drug-likeness (QED) is 0.265. The van der Waals surface area contributed by atoms with Crippen LogP contribution in [0.3, 0.4) is 0 Å². The molecule has 0 amide bonds. The van der Waals surface area contributed by atoms with Gasteiger partial charge in [0, 0.05) is 31.9 Å². The molecule has 3 heteroatoms. The summed E-state index contributed by atoms with van der Waals surface area (Å²) >= 11 is 1.93. The average Bonchev–Trinajstić information content (AvgIpc) is 2.71. The first kappa shape index (κ1) is 8.11. The van der Waals surface area contributed by atoms with Crippen molar-refractivity contribution in [3.63, 3.8) is 0 Å². The van der Waals surface area contributed by atoms with Gasteiger partial charge in [0.1, 0.15) is 0 Å². The lowest BCUT2D eigenvalue weighted by atomic mass is 10.6. The Bertz CT molecular complexity index is 102. The Morgan fingerprint density at radius 3 is 3.00 bits per heavy atom. The number of hydrogen-bond acceptors (Lipinski definition) is 3. The third-order valence-corrected chi connectivity index (χ3v) is 2.36. The van der Waals surface area contributed by atoms with Crippen LogP contribution in [0.15, 0.2) is 12.7 Å². The van der Waals surface area contributed by atoms with Gasteiger partial charge in [-0.3, -0.25) is 0 Å². The lowest BCUT2D eigenvalue weighted by Crippen LogP contribution is -2.17. The Balaban J connectivity index is 1.72. The third-order valence-electron chi connectivity index (χ3n) is 1.25. The van der Waals surface area contributed by atoms with Crippen molar-refractivity contribution in [3.05, 3.63) is 12.7 Å². The average molecular weight is 158 g/mol. The maximum atomic E-state index is 3.63. The van der Waals surface area contributed by atoms with Crippen molar-refractivity contribution in [3.8, 4) is 0 Å². The second-order valence-corrected chi connectivity index (χ2v) is 3.44. The normalized spacial score (nSPS) is 17.2. The molecule has 0 saturated carbocycles. The molecule has 0 bridgehead atoms.